The van der Waals surface area contributed by atoms with Gasteiger partial charge in [0.25, 0.3) is 40.3 Å². The molecule has 19 nitrogen and oxygen atoms in total. The Morgan fingerprint density at radius 2 is 1.15 bits per heavy atom. The zero-order chi connectivity index (χ0) is 38.9. The highest BCUT2D eigenvalue weighted by Gasteiger charge is 2.22. The Hall–Kier alpha value is -6.63. The molecule has 0 aliphatic carbocycles. The van der Waals surface area contributed by atoms with Crippen molar-refractivity contribution in [3.8, 4) is 0 Å². The highest BCUT2D eigenvalue weighted by Crippen LogP contribution is 2.09. The minimum atomic E-state index is -0.823. The van der Waals surface area contributed by atoms with Gasteiger partial charge in [-0.2, -0.15) is 0 Å². The molecule has 0 spiro atoms. The van der Waals surface area contributed by atoms with E-state index in [1.165, 1.54) is 63.9 Å². The van der Waals surface area contributed by atoms with Crippen LogP contribution < -0.4 is 32.8 Å². The Morgan fingerprint density at radius 3 is 1.74 bits per heavy atom. The molecule has 284 valence electrons. The van der Waals surface area contributed by atoms with Gasteiger partial charge in [-0.15, -0.1) is 9.46 Å². The van der Waals surface area contributed by atoms with Gasteiger partial charge < -0.3 is 40.5 Å². The van der Waals surface area contributed by atoms with Crippen LogP contribution in [0.25, 0.3) is 0 Å². The maximum absolute atomic E-state index is 13.4. The molecule has 3 aromatic heterocycles. The molecule has 0 radical (unpaired) electrons. The van der Waals surface area contributed by atoms with E-state index in [0.717, 1.165) is 24.3 Å². The van der Waals surface area contributed by atoms with Gasteiger partial charge in [0.1, 0.15) is 22.8 Å². The normalized spacial score (nSPS) is 11.2. The molecule has 0 saturated heterocycles. The first-order chi connectivity index (χ1) is 25.4. The number of hydroxylamine groups is 1. The number of aliphatic hydroxyl groups excluding tert-OH is 1. The highest BCUT2D eigenvalue weighted by atomic mass is 16.5. The maximum Gasteiger partial charge on any atom is 0.283 e. The molecule has 0 aromatic carbocycles. The summed E-state index contributed by atoms with van der Waals surface area (Å²) in [6.45, 7) is 0.529. The van der Waals surface area contributed by atoms with Crippen molar-refractivity contribution in [3.63, 3.8) is 0 Å². The predicted octanol–water partition coefficient (Wildman–Crippen LogP) is -0.191. The first-order valence-electron chi connectivity index (χ1n) is 16.5. The number of hydrogen-bond acceptors (Lipinski definition) is 12. The lowest BCUT2D eigenvalue weighted by atomic mass is 10.2. The van der Waals surface area contributed by atoms with Crippen LogP contribution in [0.1, 0.15) is 57.1 Å². The second-order valence-corrected chi connectivity index (χ2v) is 11.5. The van der Waals surface area contributed by atoms with E-state index in [-0.39, 0.29) is 89.9 Å². The number of pyridine rings is 3. The molecule has 4 amide bonds. The molecule has 0 aliphatic heterocycles. The van der Waals surface area contributed by atoms with E-state index in [1.54, 1.807) is 5.48 Å². The van der Waals surface area contributed by atoms with Gasteiger partial charge in [0, 0.05) is 64.5 Å². The number of aromatic nitrogens is 3. The minimum absolute atomic E-state index is 0.0252. The Labute approximate surface area is 302 Å². The van der Waals surface area contributed by atoms with Crippen LogP contribution in [0, 0.1) is 0 Å². The van der Waals surface area contributed by atoms with E-state index in [9.17, 15) is 49.2 Å². The molecule has 0 bridgehead atoms. The van der Waals surface area contributed by atoms with Gasteiger partial charge in [-0.1, -0.05) is 18.2 Å². The van der Waals surface area contributed by atoms with Crippen LogP contribution >= 0.6 is 0 Å². The molecule has 0 aliphatic rings. The second-order valence-electron chi connectivity index (χ2n) is 11.5. The SMILES string of the molecule is Cn1c(C(=O)NCCCN(CCCCN(CCCNC(=O)c2cccc(=O)n2O)C(=O)c2cccc(=O)n2O)C(=O)/C(=C/C=C\O)NO)cccc1=O. The van der Waals surface area contributed by atoms with Crippen LogP contribution in [0.15, 0.2) is 93.1 Å². The third-order valence-corrected chi connectivity index (χ3v) is 7.89. The molecule has 3 aromatic rings. The van der Waals surface area contributed by atoms with Crippen LogP contribution in [-0.2, 0) is 11.8 Å². The van der Waals surface area contributed by atoms with Crippen molar-refractivity contribution in [3.05, 3.63) is 127 Å². The van der Waals surface area contributed by atoms with Gasteiger partial charge in [-0.25, -0.2) is 0 Å². The zero-order valence-corrected chi connectivity index (χ0v) is 28.9. The fourth-order valence-electron chi connectivity index (χ4n) is 5.08. The molecule has 0 saturated carbocycles. The third kappa shape index (κ3) is 11.4. The number of nitrogens with one attached hydrogen (secondary N) is 3. The van der Waals surface area contributed by atoms with Crippen LogP contribution in [0.3, 0.4) is 0 Å². The highest BCUT2D eigenvalue weighted by molar-refractivity contribution is 5.94. The van der Waals surface area contributed by atoms with Crippen LogP contribution in [0.2, 0.25) is 0 Å². The topological polar surface area (TPSA) is 258 Å². The average molecular weight is 739 g/mol. The number of rotatable bonds is 19. The third-order valence-electron chi connectivity index (χ3n) is 7.89. The first-order valence-corrected chi connectivity index (χ1v) is 16.5. The molecule has 3 rings (SSSR count). The second kappa shape index (κ2) is 20.3. The van der Waals surface area contributed by atoms with E-state index >= 15 is 0 Å². The Bertz CT molecular complexity index is 2000. The Morgan fingerprint density at radius 1 is 0.679 bits per heavy atom. The lowest BCUT2D eigenvalue weighted by molar-refractivity contribution is -0.128. The lowest BCUT2D eigenvalue weighted by Gasteiger charge is -2.26. The fraction of sp³-hybridized carbons (Fsp3) is 0.324. The largest absolute Gasteiger partial charge is 0.516 e. The van der Waals surface area contributed by atoms with Crippen molar-refractivity contribution < 1.29 is 39.9 Å². The Balaban J connectivity index is 1.66. The van der Waals surface area contributed by atoms with Gasteiger partial charge in [0.2, 0.25) is 0 Å². The molecule has 3 heterocycles. The minimum Gasteiger partial charge on any atom is -0.516 e. The number of amides is 4. The van der Waals surface area contributed by atoms with Crippen molar-refractivity contribution in [2.75, 3.05) is 39.3 Å². The summed E-state index contributed by atoms with van der Waals surface area (Å²) in [4.78, 5) is 90.1. The van der Waals surface area contributed by atoms with Crippen molar-refractivity contribution in [1.82, 2.24) is 39.9 Å². The van der Waals surface area contributed by atoms with Crippen LogP contribution in [0.4, 0.5) is 0 Å². The summed E-state index contributed by atoms with van der Waals surface area (Å²) in [7, 11) is 1.46. The molecule has 0 unspecified atom stereocenters. The van der Waals surface area contributed by atoms with Crippen molar-refractivity contribution in [2.24, 2.45) is 7.05 Å². The summed E-state index contributed by atoms with van der Waals surface area (Å²) in [5, 5.41) is 43.9. The monoisotopic (exact) mass is 738 g/mol. The molecular formula is C34H42N8O11. The van der Waals surface area contributed by atoms with E-state index in [2.05, 4.69) is 10.6 Å². The number of carbonyl (C=O) groups is 4. The maximum atomic E-state index is 13.4. The van der Waals surface area contributed by atoms with Crippen molar-refractivity contribution in [2.45, 2.75) is 25.7 Å². The van der Waals surface area contributed by atoms with Gasteiger partial charge >= 0.3 is 0 Å². The van der Waals surface area contributed by atoms with Crippen LogP contribution in [-0.4, -0.2) is 107 Å². The number of aliphatic hydroxyl groups is 1. The number of nitrogens with zero attached hydrogens (tertiary/aromatic N) is 5. The van der Waals surface area contributed by atoms with E-state index in [0.29, 0.717) is 19.1 Å². The first kappa shape index (κ1) is 40.8. The molecule has 0 fully saturated rings. The van der Waals surface area contributed by atoms with Gasteiger partial charge in [0.15, 0.2) is 0 Å². The van der Waals surface area contributed by atoms with E-state index in [4.69, 9.17) is 5.11 Å². The summed E-state index contributed by atoms with van der Waals surface area (Å²) in [5.41, 5.74) is -0.856. The van der Waals surface area contributed by atoms with Gasteiger partial charge in [-0.3, -0.25) is 44.2 Å². The van der Waals surface area contributed by atoms with E-state index < -0.39 is 34.7 Å². The lowest BCUT2D eigenvalue weighted by Crippen LogP contribution is -2.40. The zero-order valence-electron chi connectivity index (χ0n) is 28.9. The number of carbonyl (C=O) groups excluding carboxylic acids is 4. The summed E-state index contributed by atoms with van der Waals surface area (Å²) in [6, 6.07) is 11.6. The number of unbranched alkanes of at least 4 members (excludes halogenated alkanes) is 1. The van der Waals surface area contributed by atoms with E-state index in [1.807, 2.05) is 0 Å². The quantitative estimate of drug-likeness (QED) is 0.0211. The smallest absolute Gasteiger partial charge is 0.283 e. The number of allylic oxidation sites excluding steroid dienone is 2. The summed E-state index contributed by atoms with van der Waals surface area (Å²) >= 11 is 0. The predicted molar refractivity (Wildman–Crippen MR) is 188 cm³/mol. The molecule has 19 heteroatoms. The van der Waals surface area contributed by atoms with Crippen molar-refractivity contribution >= 4 is 23.6 Å². The molecule has 53 heavy (non-hydrogen) atoms. The number of hydrogen-bond donors (Lipinski definition) is 7. The van der Waals surface area contributed by atoms with Gasteiger partial charge in [0.05, 0.1) is 6.26 Å². The fourth-order valence-corrected chi connectivity index (χ4v) is 5.08. The average Bonchev–Trinajstić information content (AvgIpc) is 3.14. The molecular weight excluding hydrogens is 696 g/mol. The summed E-state index contributed by atoms with van der Waals surface area (Å²) < 4.78 is 1.63. The molecule has 7 N–H and O–H groups in total. The summed E-state index contributed by atoms with van der Waals surface area (Å²) in [5.74, 6) is -2.54. The molecule has 0 atom stereocenters. The van der Waals surface area contributed by atoms with Crippen LogP contribution in [0.5, 0.6) is 0 Å². The Kier molecular flexibility index (Phi) is 15.6. The standard InChI is InChI=1S/C34H42N8O11/c1-38-25(11-4-14-28(38)44)31(47)35-17-8-21-39(33(49)24(37-51)10-7-23-43)19-2-3-20-40(34(50)27-13-6-16-30(46)42(27)53)22-9-18-36-32(48)26-12-5-15-29(45)41(26)52/h4-7,10-16,23,37,43,51-53H,2-3,8-9,17-22H2,1H3,(H,35,47)(H,36,48)/b23-7-,24-10-. The summed E-state index contributed by atoms with van der Waals surface area (Å²) in [6.07, 6.45) is 4.05. The van der Waals surface area contributed by atoms with Gasteiger partial charge in [-0.05, 0) is 56.0 Å². The van der Waals surface area contributed by atoms with Crippen molar-refractivity contribution in [1.29, 1.82) is 0 Å².